The molecule has 0 spiro atoms. The summed E-state index contributed by atoms with van der Waals surface area (Å²) in [6.07, 6.45) is 2.78. The van der Waals surface area contributed by atoms with Gasteiger partial charge >= 0.3 is 0 Å². The zero-order chi connectivity index (χ0) is 7.56. The van der Waals surface area contributed by atoms with Gasteiger partial charge in [-0.1, -0.05) is 13.8 Å². The highest BCUT2D eigenvalue weighted by atomic mass is 16.3. The molecule has 2 heteroatoms. The lowest BCUT2D eigenvalue weighted by molar-refractivity contribution is 0.453. The van der Waals surface area contributed by atoms with Crippen LogP contribution in [0.2, 0.25) is 0 Å². The molecule has 0 saturated heterocycles. The number of hydrogen-bond acceptors (Lipinski definition) is 2. The molecule has 1 aromatic heterocycles. The highest BCUT2D eigenvalue weighted by molar-refractivity contribution is 4.96. The molecular weight excluding hydrogens is 126 g/mol. The molecule has 0 aliphatic heterocycles. The third-order valence-electron chi connectivity index (χ3n) is 1.67. The first kappa shape index (κ1) is 7.32. The molecule has 1 aromatic rings. The van der Waals surface area contributed by atoms with E-state index in [0.717, 1.165) is 18.0 Å². The monoisotopic (exact) mass is 139 g/mol. The van der Waals surface area contributed by atoms with Crippen LogP contribution in [0.3, 0.4) is 0 Å². The van der Waals surface area contributed by atoms with Crippen molar-refractivity contribution in [3.05, 3.63) is 17.8 Å². The lowest BCUT2D eigenvalue weighted by atomic mass is 10.1. The van der Waals surface area contributed by atoms with Crippen LogP contribution in [0.1, 0.15) is 37.8 Å². The maximum atomic E-state index is 5.21. The smallest absolute Gasteiger partial charge is 0.197 e. The summed E-state index contributed by atoms with van der Waals surface area (Å²) in [6.45, 7) is 6.19. The first-order valence-corrected chi connectivity index (χ1v) is 3.66. The maximum Gasteiger partial charge on any atom is 0.197 e. The molecule has 1 rings (SSSR count). The summed E-state index contributed by atoms with van der Waals surface area (Å²) in [7, 11) is 0. The zero-order valence-corrected chi connectivity index (χ0v) is 6.72. The first-order chi connectivity index (χ1) is 4.74. The molecule has 56 valence electrons. The lowest BCUT2D eigenvalue weighted by Crippen LogP contribution is -1.90. The van der Waals surface area contributed by atoms with Crippen molar-refractivity contribution in [3.8, 4) is 0 Å². The van der Waals surface area contributed by atoms with E-state index in [0.29, 0.717) is 5.92 Å². The quantitative estimate of drug-likeness (QED) is 0.629. The predicted molar refractivity (Wildman–Crippen MR) is 39.9 cm³/mol. The Morgan fingerprint density at radius 3 is 2.80 bits per heavy atom. The van der Waals surface area contributed by atoms with Crippen molar-refractivity contribution in [1.82, 2.24) is 4.98 Å². The van der Waals surface area contributed by atoms with E-state index in [1.807, 2.05) is 6.92 Å². The van der Waals surface area contributed by atoms with E-state index in [1.165, 1.54) is 0 Å². The van der Waals surface area contributed by atoms with Gasteiger partial charge in [-0.05, 0) is 13.3 Å². The molecular formula is C8H13NO. The summed E-state index contributed by atoms with van der Waals surface area (Å²) in [5.74, 6) is 1.31. The minimum Gasteiger partial charge on any atom is -0.448 e. The Kier molecular flexibility index (Phi) is 2.10. The number of oxazole rings is 1. The summed E-state index contributed by atoms with van der Waals surface area (Å²) < 4.78 is 5.21. The van der Waals surface area contributed by atoms with Gasteiger partial charge in [0.1, 0.15) is 6.26 Å². The Morgan fingerprint density at radius 2 is 2.40 bits per heavy atom. The zero-order valence-electron chi connectivity index (χ0n) is 6.72. The molecule has 0 bridgehead atoms. The Morgan fingerprint density at radius 1 is 1.70 bits per heavy atom. The Hall–Kier alpha value is -0.790. The Balaban J connectivity index is 2.74. The van der Waals surface area contributed by atoms with Gasteiger partial charge in [0.05, 0.1) is 5.69 Å². The van der Waals surface area contributed by atoms with Crippen molar-refractivity contribution in [3.63, 3.8) is 0 Å². The molecule has 1 atom stereocenters. The molecule has 0 aliphatic carbocycles. The number of hydrogen-bond donors (Lipinski definition) is 0. The SMILES string of the molecule is CCC(C)c1nc(C)co1. The van der Waals surface area contributed by atoms with Crippen molar-refractivity contribution in [2.24, 2.45) is 0 Å². The summed E-state index contributed by atoms with van der Waals surface area (Å²) in [5.41, 5.74) is 0.968. The molecule has 10 heavy (non-hydrogen) atoms. The Bertz CT molecular complexity index is 205. The van der Waals surface area contributed by atoms with Crippen LogP contribution in [0, 0.1) is 6.92 Å². The third kappa shape index (κ3) is 1.38. The minimum atomic E-state index is 0.452. The average Bonchev–Trinajstić information content (AvgIpc) is 2.34. The number of aromatic nitrogens is 1. The van der Waals surface area contributed by atoms with Gasteiger partial charge in [-0.15, -0.1) is 0 Å². The van der Waals surface area contributed by atoms with Crippen LogP contribution in [-0.4, -0.2) is 4.98 Å². The fourth-order valence-corrected chi connectivity index (χ4v) is 0.773. The molecule has 0 N–H and O–H groups in total. The minimum absolute atomic E-state index is 0.452. The van der Waals surface area contributed by atoms with Crippen molar-refractivity contribution in [2.75, 3.05) is 0 Å². The van der Waals surface area contributed by atoms with Crippen LogP contribution in [0.4, 0.5) is 0 Å². The maximum absolute atomic E-state index is 5.21. The number of rotatable bonds is 2. The third-order valence-corrected chi connectivity index (χ3v) is 1.67. The van der Waals surface area contributed by atoms with Gasteiger partial charge < -0.3 is 4.42 Å². The summed E-state index contributed by atoms with van der Waals surface area (Å²) in [6, 6.07) is 0. The van der Waals surface area contributed by atoms with Crippen LogP contribution < -0.4 is 0 Å². The van der Waals surface area contributed by atoms with Crippen LogP contribution in [0.25, 0.3) is 0 Å². The van der Waals surface area contributed by atoms with E-state index >= 15 is 0 Å². The standard InChI is InChI=1S/C8H13NO/c1-4-6(2)8-9-7(3)5-10-8/h5-6H,4H2,1-3H3. The van der Waals surface area contributed by atoms with Crippen molar-refractivity contribution in [2.45, 2.75) is 33.1 Å². The first-order valence-electron chi connectivity index (χ1n) is 3.66. The molecule has 2 nitrogen and oxygen atoms in total. The highest BCUT2D eigenvalue weighted by Crippen LogP contribution is 2.16. The second kappa shape index (κ2) is 2.86. The van der Waals surface area contributed by atoms with Crippen LogP contribution in [-0.2, 0) is 0 Å². The van der Waals surface area contributed by atoms with E-state index < -0.39 is 0 Å². The van der Waals surface area contributed by atoms with Gasteiger partial charge in [-0.25, -0.2) is 4.98 Å². The highest BCUT2D eigenvalue weighted by Gasteiger charge is 2.07. The Labute approximate surface area is 61.3 Å². The van der Waals surface area contributed by atoms with Crippen molar-refractivity contribution < 1.29 is 4.42 Å². The molecule has 1 unspecified atom stereocenters. The summed E-state index contributed by atoms with van der Waals surface area (Å²) in [5, 5.41) is 0. The number of aryl methyl sites for hydroxylation is 1. The van der Waals surface area contributed by atoms with E-state index in [9.17, 15) is 0 Å². The second-order valence-corrected chi connectivity index (χ2v) is 2.64. The largest absolute Gasteiger partial charge is 0.448 e. The normalized spacial score (nSPS) is 13.5. The van der Waals surface area contributed by atoms with Gasteiger partial charge in [-0.3, -0.25) is 0 Å². The number of nitrogens with zero attached hydrogens (tertiary/aromatic N) is 1. The van der Waals surface area contributed by atoms with E-state index in [1.54, 1.807) is 6.26 Å². The molecule has 0 aromatic carbocycles. The lowest BCUT2D eigenvalue weighted by Gasteiger charge is -1.99. The molecule has 0 amide bonds. The fourth-order valence-electron chi connectivity index (χ4n) is 0.773. The molecule has 1 heterocycles. The topological polar surface area (TPSA) is 26.0 Å². The van der Waals surface area contributed by atoms with Gasteiger partial charge in [-0.2, -0.15) is 0 Å². The van der Waals surface area contributed by atoms with Gasteiger partial charge in [0.2, 0.25) is 0 Å². The van der Waals surface area contributed by atoms with Crippen LogP contribution in [0.5, 0.6) is 0 Å². The van der Waals surface area contributed by atoms with Gasteiger partial charge in [0.15, 0.2) is 5.89 Å². The van der Waals surface area contributed by atoms with Crippen molar-refractivity contribution in [1.29, 1.82) is 0 Å². The van der Waals surface area contributed by atoms with Gasteiger partial charge in [0.25, 0.3) is 0 Å². The van der Waals surface area contributed by atoms with E-state index in [2.05, 4.69) is 18.8 Å². The van der Waals surface area contributed by atoms with E-state index in [-0.39, 0.29) is 0 Å². The van der Waals surface area contributed by atoms with Crippen LogP contribution >= 0.6 is 0 Å². The van der Waals surface area contributed by atoms with E-state index in [4.69, 9.17) is 4.42 Å². The van der Waals surface area contributed by atoms with Crippen LogP contribution in [0.15, 0.2) is 10.7 Å². The average molecular weight is 139 g/mol. The summed E-state index contributed by atoms with van der Waals surface area (Å²) in [4.78, 5) is 4.21. The second-order valence-electron chi connectivity index (χ2n) is 2.64. The molecule has 0 saturated carbocycles. The fraction of sp³-hybridized carbons (Fsp3) is 0.625. The predicted octanol–water partition coefficient (Wildman–Crippen LogP) is 2.50. The molecule has 0 fully saturated rings. The summed E-state index contributed by atoms with van der Waals surface area (Å²) >= 11 is 0. The molecule has 0 radical (unpaired) electrons. The van der Waals surface area contributed by atoms with Crippen molar-refractivity contribution >= 4 is 0 Å². The molecule has 0 aliphatic rings. The van der Waals surface area contributed by atoms with Gasteiger partial charge in [0, 0.05) is 5.92 Å².